The first-order valence-electron chi connectivity index (χ1n) is 12.2. The van der Waals surface area contributed by atoms with Crippen LogP contribution in [0.1, 0.15) is 30.4 Å². The Labute approximate surface area is 229 Å². The number of piperidine rings is 1. The van der Waals surface area contributed by atoms with Gasteiger partial charge >= 0.3 is 6.18 Å². The number of likely N-dealkylation sites (N-methyl/N-ethyl adjacent to an activating group) is 1. The summed E-state index contributed by atoms with van der Waals surface area (Å²) < 4.78 is 82.6. The number of nitrogens with zero attached hydrogens (tertiary/aromatic N) is 4. The number of aryl methyl sites for hydroxylation is 1. The van der Waals surface area contributed by atoms with Gasteiger partial charge in [0.1, 0.15) is 22.9 Å². The summed E-state index contributed by atoms with van der Waals surface area (Å²) >= 11 is 6.50. The summed E-state index contributed by atoms with van der Waals surface area (Å²) in [6.45, 7) is 0.993. The van der Waals surface area contributed by atoms with Gasteiger partial charge in [-0.25, -0.2) is 22.8 Å². The van der Waals surface area contributed by atoms with Crippen molar-refractivity contribution in [3.63, 3.8) is 0 Å². The maximum absolute atomic E-state index is 15.2. The van der Waals surface area contributed by atoms with E-state index < -0.39 is 38.0 Å². The van der Waals surface area contributed by atoms with Crippen molar-refractivity contribution in [3.05, 3.63) is 77.0 Å². The van der Waals surface area contributed by atoms with Crippen LogP contribution in [0.4, 0.5) is 29.1 Å². The number of nitrogens with one attached hydrogen (secondary N) is 1. The van der Waals surface area contributed by atoms with Crippen LogP contribution < -0.4 is 9.62 Å². The largest absolute Gasteiger partial charge is 0.416 e. The summed E-state index contributed by atoms with van der Waals surface area (Å²) in [7, 11) is -0.492. The Kier molecular flexibility index (Phi) is 8.38. The lowest BCUT2D eigenvalue weighted by Gasteiger charge is -2.48. The second-order valence-corrected chi connectivity index (χ2v) is 11.8. The van der Waals surface area contributed by atoms with Crippen molar-refractivity contribution < 1.29 is 26.0 Å². The Morgan fingerprint density at radius 2 is 1.95 bits per heavy atom. The lowest BCUT2D eigenvalue weighted by molar-refractivity contribution is -0.137. The van der Waals surface area contributed by atoms with E-state index in [4.69, 9.17) is 11.6 Å². The topological polar surface area (TPSA) is 78.4 Å². The van der Waals surface area contributed by atoms with E-state index in [1.54, 1.807) is 6.07 Å². The van der Waals surface area contributed by atoms with Crippen LogP contribution in [0, 0.1) is 5.82 Å². The maximum Gasteiger partial charge on any atom is 0.416 e. The Morgan fingerprint density at radius 3 is 2.62 bits per heavy atom. The van der Waals surface area contributed by atoms with Crippen LogP contribution in [-0.2, 0) is 22.6 Å². The molecule has 1 aromatic heterocycles. The van der Waals surface area contributed by atoms with Crippen molar-refractivity contribution in [2.75, 3.05) is 36.8 Å². The standard InChI is InChI=1S/C26H28ClF4N5O2S/c1-35(2)25(10-7-18-5-3-6-19(13-18)26(29,30)31)9-4-12-36(16-25)22-15-21(28)23(14-20(22)27)39(37,38)34-24-8-11-32-17-33-24/h3,5-6,8,11,13-15,17H,4,7,9-10,12,16H2,1-2H3,(H,32,33,34)/t25-/m1/s1. The van der Waals surface area contributed by atoms with Gasteiger partial charge in [0.2, 0.25) is 0 Å². The van der Waals surface area contributed by atoms with Gasteiger partial charge in [0.05, 0.1) is 16.3 Å². The molecule has 2 aromatic carbocycles. The van der Waals surface area contributed by atoms with Crippen LogP contribution >= 0.6 is 11.6 Å². The zero-order chi connectivity index (χ0) is 28.4. The molecule has 0 unspecified atom stereocenters. The number of anilines is 2. The lowest BCUT2D eigenvalue weighted by atomic mass is 9.82. The maximum atomic E-state index is 15.2. The Morgan fingerprint density at radius 1 is 1.18 bits per heavy atom. The van der Waals surface area contributed by atoms with Crippen LogP contribution in [0.5, 0.6) is 0 Å². The summed E-state index contributed by atoms with van der Waals surface area (Å²) in [4.78, 5) is 10.8. The van der Waals surface area contributed by atoms with Crippen LogP contribution in [0.2, 0.25) is 5.02 Å². The molecule has 0 radical (unpaired) electrons. The molecule has 39 heavy (non-hydrogen) atoms. The second kappa shape index (κ2) is 11.3. The molecular formula is C26H28ClF4N5O2S. The van der Waals surface area contributed by atoms with Gasteiger partial charge in [0.15, 0.2) is 0 Å². The molecule has 7 nitrogen and oxygen atoms in total. The zero-order valence-electron chi connectivity index (χ0n) is 21.3. The van der Waals surface area contributed by atoms with Gasteiger partial charge in [-0.15, -0.1) is 0 Å². The number of alkyl halides is 3. The average molecular weight is 586 g/mol. The molecule has 0 saturated carbocycles. The molecule has 0 bridgehead atoms. The highest BCUT2D eigenvalue weighted by atomic mass is 35.5. The highest BCUT2D eigenvalue weighted by Gasteiger charge is 2.38. The molecular weight excluding hydrogens is 558 g/mol. The number of rotatable bonds is 8. The predicted octanol–water partition coefficient (Wildman–Crippen LogP) is 5.62. The quantitative estimate of drug-likeness (QED) is 0.346. The molecule has 2 heterocycles. The van der Waals surface area contributed by atoms with Crippen LogP contribution in [0.15, 0.2) is 59.9 Å². The van der Waals surface area contributed by atoms with Gasteiger partial charge in [-0.1, -0.05) is 29.8 Å². The Balaban J connectivity index is 1.56. The van der Waals surface area contributed by atoms with Gasteiger partial charge in [-0.3, -0.25) is 4.72 Å². The number of sulfonamides is 1. The van der Waals surface area contributed by atoms with Gasteiger partial charge in [-0.05, 0) is 63.5 Å². The van der Waals surface area contributed by atoms with Crippen molar-refractivity contribution in [3.8, 4) is 0 Å². The molecule has 1 aliphatic rings. The summed E-state index contributed by atoms with van der Waals surface area (Å²) in [5.41, 5.74) is -0.181. The average Bonchev–Trinajstić information content (AvgIpc) is 2.88. The van der Waals surface area contributed by atoms with Gasteiger partial charge in [0, 0.05) is 30.9 Å². The van der Waals surface area contributed by atoms with Gasteiger partial charge in [0.25, 0.3) is 10.0 Å². The van der Waals surface area contributed by atoms with Crippen LogP contribution in [0.25, 0.3) is 0 Å². The van der Waals surface area contributed by atoms with Crippen LogP contribution in [-0.4, -0.2) is 56.0 Å². The first-order chi connectivity index (χ1) is 18.3. The minimum atomic E-state index is -4.41. The molecule has 3 aromatic rings. The van der Waals surface area contributed by atoms with E-state index in [1.807, 2.05) is 23.9 Å². The molecule has 4 rings (SSSR count). The molecule has 1 fully saturated rings. The first kappa shape index (κ1) is 29.0. The lowest BCUT2D eigenvalue weighted by Crippen LogP contribution is -2.56. The number of benzene rings is 2. The molecule has 1 N–H and O–H groups in total. The van der Waals surface area contributed by atoms with E-state index in [0.717, 1.165) is 37.4 Å². The summed E-state index contributed by atoms with van der Waals surface area (Å²) in [6.07, 6.45) is 0.583. The third-order valence-corrected chi connectivity index (χ3v) is 8.76. The SMILES string of the molecule is CN(C)[C@@]1(CCc2cccc(C(F)(F)F)c2)CCCN(c2cc(F)c(S(=O)(=O)Nc3ccncn3)cc2Cl)C1. The Bertz CT molecular complexity index is 1420. The summed E-state index contributed by atoms with van der Waals surface area (Å²) in [5.74, 6) is -0.988. The fraction of sp³-hybridized carbons (Fsp3) is 0.385. The van der Waals surface area contributed by atoms with Crippen molar-refractivity contribution in [2.24, 2.45) is 0 Å². The van der Waals surface area contributed by atoms with E-state index >= 15 is 4.39 Å². The molecule has 13 heteroatoms. The highest BCUT2D eigenvalue weighted by molar-refractivity contribution is 7.92. The van der Waals surface area contributed by atoms with Gasteiger partial charge in [-0.2, -0.15) is 13.2 Å². The third kappa shape index (κ3) is 6.62. The van der Waals surface area contributed by atoms with Crippen molar-refractivity contribution in [1.29, 1.82) is 0 Å². The predicted molar refractivity (Wildman–Crippen MR) is 142 cm³/mol. The van der Waals surface area contributed by atoms with E-state index in [-0.39, 0.29) is 10.8 Å². The zero-order valence-corrected chi connectivity index (χ0v) is 22.9. The van der Waals surface area contributed by atoms with E-state index in [9.17, 15) is 21.6 Å². The molecule has 0 amide bonds. The van der Waals surface area contributed by atoms with Gasteiger partial charge < -0.3 is 9.80 Å². The molecule has 1 atom stereocenters. The highest BCUT2D eigenvalue weighted by Crippen LogP contribution is 2.38. The van der Waals surface area contributed by atoms with Crippen molar-refractivity contribution >= 4 is 33.1 Å². The summed E-state index contributed by atoms with van der Waals surface area (Å²) in [5, 5.41) is 0.0619. The first-order valence-corrected chi connectivity index (χ1v) is 14.0. The Hall–Kier alpha value is -2.96. The number of halogens is 5. The van der Waals surface area contributed by atoms with E-state index in [1.165, 1.54) is 24.4 Å². The third-order valence-electron chi connectivity index (χ3n) is 7.09. The van der Waals surface area contributed by atoms with E-state index in [0.29, 0.717) is 37.2 Å². The molecule has 0 spiro atoms. The molecule has 0 aliphatic carbocycles. The monoisotopic (exact) mass is 585 g/mol. The van der Waals surface area contributed by atoms with E-state index in [2.05, 4.69) is 14.7 Å². The molecule has 1 saturated heterocycles. The smallest absolute Gasteiger partial charge is 0.368 e. The normalized spacial score (nSPS) is 18.4. The minimum absolute atomic E-state index is 0.0165. The number of hydrogen-bond acceptors (Lipinski definition) is 6. The fourth-order valence-electron chi connectivity index (χ4n) is 4.90. The van der Waals surface area contributed by atoms with Crippen LogP contribution in [0.3, 0.4) is 0 Å². The second-order valence-electron chi connectivity index (χ2n) is 9.78. The van der Waals surface area contributed by atoms with Crippen molar-refractivity contribution in [2.45, 2.75) is 42.3 Å². The number of aromatic nitrogens is 2. The summed E-state index contributed by atoms with van der Waals surface area (Å²) in [6, 6.07) is 8.83. The fourth-order valence-corrected chi connectivity index (χ4v) is 6.34. The molecule has 1 aliphatic heterocycles. The van der Waals surface area contributed by atoms with Crippen molar-refractivity contribution in [1.82, 2.24) is 14.9 Å². The minimum Gasteiger partial charge on any atom is -0.368 e. The number of hydrogen-bond donors (Lipinski definition) is 1. The molecule has 210 valence electrons.